The van der Waals surface area contributed by atoms with Crippen molar-refractivity contribution in [3.63, 3.8) is 0 Å². The molecule has 8 heteroatoms. The van der Waals surface area contributed by atoms with Crippen molar-refractivity contribution in [2.24, 2.45) is 11.5 Å². The first-order chi connectivity index (χ1) is 10.9. The Kier molecular flexibility index (Phi) is 12.5. The van der Waals surface area contributed by atoms with Gasteiger partial charge in [-0.3, -0.25) is 15.6 Å². The number of nitrogens with two attached hydrogens (primary N) is 2. The number of carbonyl (C=O) groups is 1. The summed E-state index contributed by atoms with van der Waals surface area (Å²) in [5, 5.41) is 23.8. The molecule has 0 fully saturated rings. The average Bonchev–Trinajstić information content (AvgIpc) is 2.45. The van der Waals surface area contributed by atoms with Gasteiger partial charge in [-0.05, 0) is 32.6 Å². The van der Waals surface area contributed by atoms with Gasteiger partial charge in [-0.25, -0.2) is 0 Å². The van der Waals surface area contributed by atoms with Gasteiger partial charge in [0.2, 0.25) is 5.91 Å². The molecule has 0 aromatic rings. The minimum Gasteiger partial charge on any atom is -0.370 e. The predicted octanol–water partition coefficient (Wildman–Crippen LogP) is 0.578. The number of carbonyl (C=O) groups excluding carboxylic acids is 1. The summed E-state index contributed by atoms with van der Waals surface area (Å²) in [6, 6.07) is 0.209. The highest BCUT2D eigenvalue weighted by Gasteiger charge is 2.04. The number of nitrogens with one attached hydrogen (secondary N) is 5. The number of hydrogen-bond acceptors (Lipinski definition) is 3. The largest absolute Gasteiger partial charge is 0.370 e. The van der Waals surface area contributed by atoms with Gasteiger partial charge in [0.1, 0.15) is 0 Å². The van der Waals surface area contributed by atoms with Crippen LogP contribution in [0, 0.1) is 10.8 Å². The summed E-state index contributed by atoms with van der Waals surface area (Å²) >= 11 is 0. The molecule has 9 N–H and O–H groups in total. The van der Waals surface area contributed by atoms with E-state index in [1.54, 1.807) is 0 Å². The van der Waals surface area contributed by atoms with Gasteiger partial charge in [0.25, 0.3) is 0 Å². The monoisotopic (exact) mass is 327 g/mol. The summed E-state index contributed by atoms with van der Waals surface area (Å²) in [5.74, 6) is 0.123. The molecule has 0 saturated heterocycles. The average molecular weight is 327 g/mol. The second kappa shape index (κ2) is 13.7. The van der Waals surface area contributed by atoms with Gasteiger partial charge in [-0.15, -0.1) is 0 Å². The van der Waals surface area contributed by atoms with E-state index in [2.05, 4.69) is 16.0 Å². The third kappa shape index (κ3) is 16.2. The van der Waals surface area contributed by atoms with E-state index in [1.807, 2.05) is 6.92 Å². The van der Waals surface area contributed by atoms with Gasteiger partial charge in [-0.1, -0.05) is 19.3 Å². The highest BCUT2D eigenvalue weighted by molar-refractivity contribution is 5.76. The molecule has 1 atom stereocenters. The Morgan fingerprint density at radius 3 is 2.13 bits per heavy atom. The molecule has 23 heavy (non-hydrogen) atoms. The van der Waals surface area contributed by atoms with E-state index in [0.29, 0.717) is 12.4 Å². The smallest absolute Gasteiger partial charge is 0.217 e. The zero-order valence-corrected chi connectivity index (χ0v) is 14.2. The van der Waals surface area contributed by atoms with Crippen LogP contribution >= 0.6 is 0 Å². The van der Waals surface area contributed by atoms with E-state index in [1.165, 1.54) is 0 Å². The molecule has 0 heterocycles. The molecule has 0 aromatic carbocycles. The Bertz CT molecular complexity index is 360. The molecule has 0 aromatic heterocycles. The Balaban J connectivity index is 3.41. The van der Waals surface area contributed by atoms with Crippen LogP contribution in [-0.4, -0.2) is 37.0 Å². The van der Waals surface area contributed by atoms with E-state index in [4.69, 9.17) is 22.3 Å². The molecule has 0 aliphatic carbocycles. The van der Waals surface area contributed by atoms with Crippen LogP contribution in [0.2, 0.25) is 0 Å². The lowest BCUT2D eigenvalue weighted by molar-refractivity contribution is -0.118. The highest BCUT2D eigenvalue weighted by atomic mass is 16.1. The molecule has 0 aliphatic heterocycles. The Morgan fingerprint density at radius 1 is 0.957 bits per heavy atom. The van der Waals surface area contributed by atoms with Crippen LogP contribution in [0.15, 0.2) is 0 Å². The number of unbranched alkanes of at least 4 members (excludes halogenated alkanes) is 4. The maximum Gasteiger partial charge on any atom is 0.217 e. The molecule has 1 unspecified atom stereocenters. The number of primary amides is 1. The van der Waals surface area contributed by atoms with Crippen molar-refractivity contribution in [3.05, 3.63) is 0 Å². The Hall–Kier alpha value is -1.99. The van der Waals surface area contributed by atoms with Crippen molar-refractivity contribution in [1.82, 2.24) is 16.0 Å². The molecule has 0 radical (unpaired) electrons. The highest BCUT2D eigenvalue weighted by Crippen LogP contribution is 2.03. The summed E-state index contributed by atoms with van der Waals surface area (Å²) in [6.07, 6.45) is 7.26. The fourth-order valence-electron chi connectivity index (χ4n) is 2.16. The number of guanidine groups is 2. The van der Waals surface area contributed by atoms with Gasteiger partial charge in [0, 0.05) is 25.6 Å². The van der Waals surface area contributed by atoms with Crippen molar-refractivity contribution in [1.29, 1.82) is 10.8 Å². The maximum absolute atomic E-state index is 10.6. The molecular weight excluding hydrogens is 294 g/mol. The third-order valence-electron chi connectivity index (χ3n) is 3.42. The molecule has 8 nitrogen and oxygen atoms in total. The zero-order chi connectivity index (χ0) is 17.5. The van der Waals surface area contributed by atoms with Crippen LogP contribution < -0.4 is 27.4 Å². The van der Waals surface area contributed by atoms with Crippen LogP contribution in [0.25, 0.3) is 0 Å². The van der Waals surface area contributed by atoms with E-state index >= 15 is 0 Å². The second-order valence-corrected chi connectivity index (χ2v) is 5.81. The molecule has 0 spiro atoms. The van der Waals surface area contributed by atoms with Gasteiger partial charge in [0.15, 0.2) is 11.9 Å². The van der Waals surface area contributed by atoms with Crippen LogP contribution in [0.4, 0.5) is 0 Å². The number of amides is 1. The van der Waals surface area contributed by atoms with Crippen molar-refractivity contribution >= 4 is 17.8 Å². The van der Waals surface area contributed by atoms with Crippen LogP contribution in [-0.2, 0) is 4.79 Å². The summed E-state index contributed by atoms with van der Waals surface area (Å²) < 4.78 is 0. The van der Waals surface area contributed by atoms with E-state index < -0.39 is 0 Å². The summed E-state index contributed by atoms with van der Waals surface area (Å²) in [4.78, 5) is 10.6. The summed E-state index contributed by atoms with van der Waals surface area (Å²) in [6.45, 7) is 3.55. The predicted molar refractivity (Wildman–Crippen MR) is 94.4 cm³/mol. The standard InChI is InChI=1S/C15H33N7O/c1-12(8-4-5-9-13(16)23)22-15(19)21-11-7-3-2-6-10-20-14(17)18/h12H,2-11H2,1H3,(H2,16,23)(H4,17,18,20)(H3,19,21,22). The number of rotatable bonds is 13. The topological polar surface area (TPSA) is 153 Å². The summed E-state index contributed by atoms with van der Waals surface area (Å²) in [7, 11) is 0. The lowest BCUT2D eigenvalue weighted by atomic mass is 10.1. The fraction of sp³-hybridized carbons (Fsp3) is 0.800. The molecule has 0 aliphatic rings. The van der Waals surface area contributed by atoms with Crippen LogP contribution in [0.1, 0.15) is 58.3 Å². The van der Waals surface area contributed by atoms with Crippen LogP contribution in [0.3, 0.4) is 0 Å². The lowest BCUT2D eigenvalue weighted by Crippen LogP contribution is -2.41. The van der Waals surface area contributed by atoms with Crippen molar-refractivity contribution in [3.8, 4) is 0 Å². The normalized spacial score (nSPS) is 11.5. The summed E-state index contributed by atoms with van der Waals surface area (Å²) in [5.41, 5.74) is 10.3. The lowest BCUT2D eigenvalue weighted by Gasteiger charge is -2.16. The van der Waals surface area contributed by atoms with E-state index in [-0.39, 0.29) is 17.9 Å². The third-order valence-corrected chi connectivity index (χ3v) is 3.42. The van der Waals surface area contributed by atoms with Gasteiger partial charge in [0.05, 0.1) is 0 Å². The quantitative estimate of drug-likeness (QED) is 0.150. The molecule has 0 saturated carbocycles. The van der Waals surface area contributed by atoms with Gasteiger partial charge < -0.3 is 27.4 Å². The fourth-order valence-corrected chi connectivity index (χ4v) is 2.16. The SMILES string of the molecule is CC(CCCCC(N)=O)NC(=N)NCCCCCCNC(=N)N. The first-order valence-electron chi connectivity index (χ1n) is 8.37. The molecule has 0 bridgehead atoms. The molecule has 0 rings (SSSR count). The van der Waals surface area contributed by atoms with Crippen LogP contribution in [0.5, 0.6) is 0 Å². The molecule has 1 amide bonds. The minimum atomic E-state index is -0.253. The van der Waals surface area contributed by atoms with E-state index in [9.17, 15) is 4.79 Å². The van der Waals surface area contributed by atoms with Gasteiger partial charge >= 0.3 is 0 Å². The first kappa shape index (κ1) is 21.0. The van der Waals surface area contributed by atoms with Crippen molar-refractivity contribution in [2.45, 2.75) is 64.3 Å². The Morgan fingerprint density at radius 2 is 1.57 bits per heavy atom. The van der Waals surface area contributed by atoms with E-state index in [0.717, 1.165) is 58.0 Å². The molecule has 134 valence electrons. The Labute approximate surface area is 139 Å². The number of hydrogen-bond donors (Lipinski definition) is 7. The first-order valence-corrected chi connectivity index (χ1v) is 8.37. The second-order valence-electron chi connectivity index (χ2n) is 5.81. The zero-order valence-electron chi connectivity index (χ0n) is 14.2. The van der Waals surface area contributed by atoms with Crippen molar-refractivity contribution in [2.75, 3.05) is 13.1 Å². The molecular formula is C15H33N7O. The van der Waals surface area contributed by atoms with Gasteiger partial charge in [-0.2, -0.15) is 0 Å². The van der Waals surface area contributed by atoms with Crippen molar-refractivity contribution < 1.29 is 4.79 Å². The minimum absolute atomic E-state index is 0.0231. The maximum atomic E-state index is 10.6.